The summed E-state index contributed by atoms with van der Waals surface area (Å²) < 4.78 is 0. The lowest BCUT2D eigenvalue weighted by Crippen LogP contribution is -2.44. The van der Waals surface area contributed by atoms with Crippen molar-refractivity contribution in [1.29, 1.82) is 0 Å². The highest BCUT2D eigenvalue weighted by Gasteiger charge is 2.36. The summed E-state index contributed by atoms with van der Waals surface area (Å²) in [4.78, 5) is 19.8. The molecule has 10 nitrogen and oxygen atoms in total. The van der Waals surface area contributed by atoms with E-state index in [9.17, 15) is 0 Å². The lowest BCUT2D eigenvalue weighted by atomic mass is 10.2. The van der Waals surface area contributed by atoms with Gasteiger partial charge < -0.3 is 30.7 Å². The van der Waals surface area contributed by atoms with Crippen LogP contribution in [0.15, 0.2) is 29.8 Å². The third-order valence-electron chi connectivity index (χ3n) is 6.58. The number of likely N-dealkylation sites (N-methyl/N-ethyl adjacent to an activating group) is 2. The molecule has 34 heavy (non-hydrogen) atoms. The fourth-order valence-electron chi connectivity index (χ4n) is 4.36. The number of rotatable bonds is 8. The standard InChI is InChI=1S/C22H35N9O.C2H6/c1-4-16-11-17(32-28-16)14-23-22-25-19(13-21(26-22)31-9-7-29(2)8-10-31)24-20-12-18(15-5-6-15)30(3)27-20;1-2/h11-13,15-16,18,27-28H,4-10,14H2,1-3H3,(H2,23,24,25,26);1-2H3. The average molecular weight is 472 g/mol. The molecule has 1 aromatic heterocycles. The number of anilines is 3. The van der Waals surface area contributed by atoms with Gasteiger partial charge in [-0.15, -0.1) is 0 Å². The van der Waals surface area contributed by atoms with Crippen LogP contribution in [-0.2, 0) is 4.84 Å². The highest BCUT2D eigenvalue weighted by Crippen LogP contribution is 2.37. The summed E-state index contributed by atoms with van der Waals surface area (Å²) in [5, 5.41) is 9.01. The van der Waals surface area contributed by atoms with Crippen LogP contribution in [0.5, 0.6) is 0 Å². The summed E-state index contributed by atoms with van der Waals surface area (Å²) >= 11 is 0. The minimum Gasteiger partial charge on any atom is -0.411 e. The first kappa shape index (κ1) is 24.6. The number of hydrogen-bond donors (Lipinski definition) is 4. The van der Waals surface area contributed by atoms with Crippen LogP contribution in [0.3, 0.4) is 0 Å². The van der Waals surface area contributed by atoms with E-state index in [0.29, 0.717) is 18.5 Å². The summed E-state index contributed by atoms with van der Waals surface area (Å²) in [5.74, 6) is 4.93. The highest BCUT2D eigenvalue weighted by molar-refractivity contribution is 5.56. The maximum atomic E-state index is 5.56. The summed E-state index contributed by atoms with van der Waals surface area (Å²) in [5.41, 5.74) is 6.45. The molecule has 2 unspecified atom stereocenters. The molecule has 4 heterocycles. The van der Waals surface area contributed by atoms with Gasteiger partial charge in [-0.2, -0.15) is 15.4 Å². The molecule has 5 rings (SSSR count). The van der Waals surface area contributed by atoms with E-state index in [1.807, 2.05) is 19.9 Å². The van der Waals surface area contributed by atoms with Gasteiger partial charge in [0.2, 0.25) is 5.95 Å². The molecule has 188 valence electrons. The van der Waals surface area contributed by atoms with Gasteiger partial charge in [0.1, 0.15) is 23.2 Å². The molecule has 1 aromatic rings. The molecular formula is C24H41N9O. The van der Waals surface area contributed by atoms with Crippen LogP contribution >= 0.6 is 0 Å². The predicted molar refractivity (Wildman–Crippen MR) is 137 cm³/mol. The largest absolute Gasteiger partial charge is 0.411 e. The number of nitrogens with zero attached hydrogens (tertiary/aromatic N) is 5. The lowest BCUT2D eigenvalue weighted by Gasteiger charge is -2.33. The SMILES string of the molecule is CC.CCC1C=C(CNc2nc(NC3=CC(C4CC4)N(C)N3)cc(N3CCN(C)CC3)n2)ON1. The van der Waals surface area contributed by atoms with Crippen molar-refractivity contribution in [3.8, 4) is 0 Å². The van der Waals surface area contributed by atoms with Gasteiger partial charge in [0.05, 0.1) is 18.6 Å². The van der Waals surface area contributed by atoms with Crippen molar-refractivity contribution >= 4 is 17.6 Å². The number of hydrogen-bond acceptors (Lipinski definition) is 10. The van der Waals surface area contributed by atoms with Crippen LogP contribution in [0.25, 0.3) is 0 Å². The fourth-order valence-corrected chi connectivity index (χ4v) is 4.36. The monoisotopic (exact) mass is 471 g/mol. The normalized spacial score (nSPS) is 25.0. The number of hydroxylamine groups is 1. The van der Waals surface area contributed by atoms with Crippen LogP contribution in [0.4, 0.5) is 17.6 Å². The second-order valence-corrected chi connectivity index (χ2v) is 9.20. The Morgan fingerprint density at radius 3 is 2.53 bits per heavy atom. The second-order valence-electron chi connectivity index (χ2n) is 9.20. The Morgan fingerprint density at radius 1 is 1.09 bits per heavy atom. The number of nitrogens with one attached hydrogen (secondary N) is 4. The molecule has 1 saturated carbocycles. The smallest absolute Gasteiger partial charge is 0.227 e. The first-order valence-electron chi connectivity index (χ1n) is 12.7. The Labute approximate surface area is 203 Å². The molecule has 10 heteroatoms. The van der Waals surface area contributed by atoms with E-state index >= 15 is 0 Å². The first-order chi connectivity index (χ1) is 16.6. The highest BCUT2D eigenvalue weighted by atomic mass is 16.7. The van der Waals surface area contributed by atoms with Crippen molar-refractivity contribution in [2.75, 3.05) is 62.4 Å². The Hall–Kier alpha value is -2.56. The van der Waals surface area contributed by atoms with Gasteiger partial charge in [-0.1, -0.05) is 20.8 Å². The zero-order valence-corrected chi connectivity index (χ0v) is 21.3. The molecule has 2 atom stereocenters. The minimum absolute atomic E-state index is 0.262. The summed E-state index contributed by atoms with van der Waals surface area (Å²) in [7, 11) is 4.26. The molecular weight excluding hydrogens is 430 g/mol. The topological polar surface area (TPSA) is 92.9 Å². The van der Waals surface area contributed by atoms with E-state index in [2.05, 4.69) is 69.5 Å². The number of piperazine rings is 1. The molecule has 2 fully saturated rings. The molecule has 0 aromatic carbocycles. The van der Waals surface area contributed by atoms with Crippen LogP contribution in [0, 0.1) is 5.92 Å². The zero-order valence-electron chi connectivity index (χ0n) is 21.3. The summed E-state index contributed by atoms with van der Waals surface area (Å²) in [6.07, 6.45) is 7.99. The van der Waals surface area contributed by atoms with E-state index in [4.69, 9.17) is 14.8 Å². The predicted octanol–water partition coefficient (Wildman–Crippen LogP) is 2.35. The number of aromatic nitrogens is 2. The number of hydrazine groups is 1. The van der Waals surface area contributed by atoms with E-state index in [0.717, 1.165) is 61.7 Å². The van der Waals surface area contributed by atoms with Crippen LogP contribution in [0.2, 0.25) is 0 Å². The van der Waals surface area contributed by atoms with E-state index in [-0.39, 0.29) is 6.04 Å². The molecule has 0 bridgehead atoms. The van der Waals surface area contributed by atoms with Crippen molar-refractivity contribution in [1.82, 2.24) is 30.8 Å². The average Bonchev–Trinajstić information content (AvgIpc) is 3.48. The Morgan fingerprint density at radius 2 is 1.85 bits per heavy atom. The van der Waals surface area contributed by atoms with Gasteiger partial charge in [-0.25, -0.2) is 5.01 Å². The minimum atomic E-state index is 0.262. The molecule has 0 radical (unpaired) electrons. The molecule has 1 aliphatic carbocycles. The Bertz CT molecular complexity index is 877. The van der Waals surface area contributed by atoms with Crippen LogP contribution in [-0.4, -0.2) is 78.8 Å². The Kier molecular flexibility index (Phi) is 8.12. The van der Waals surface area contributed by atoms with Crippen molar-refractivity contribution in [3.63, 3.8) is 0 Å². The van der Waals surface area contributed by atoms with Gasteiger partial charge in [-0.05, 0) is 44.4 Å². The molecule has 0 amide bonds. The quantitative estimate of drug-likeness (QED) is 0.453. The fraction of sp³-hybridized carbons (Fsp3) is 0.667. The van der Waals surface area contributed by atoms with E-state index in [1.54, 1.807) is 0 Å². The van der Waals surface area contributed by atoms with Crippen molar-refractivity contribution in [3.05, 3.63) is 29.8 Å². The maximum Gasteiger partial charge on any atom is 0.227 e. The Balaban J connectivity index is 0.00000133. The van der Waals surface area contributed by atoms with Crippen LogP contribution in [0.1, 0.15) is 40.0 Å². The molecule has 0 spiro atoms. The van der Waals surface area contributed by atoms with Gasteiger partial charge >= 0.3 is 0 Å². The molecule has 4 aliphatic rings. The molecule has 1 saturated heterocycles. The molecule has 3 aliphatic heterocycles. The second kappa shape index (κ2) is 11.2. The van der Waals surface area contributed by atoms with Crippen molar-refractivity contribution in [2.45, 2.75) is 52.1 Å². The van der Waals surface area contributed by atoms with Gasteiger partial charge in [0, 0.05) is 39.3 Å². The van der Waals surface area contributed by atoms with Crippen LogP contribution < -0.4 is 26.4 Å². The van der Waals surface area contributed by atoms with Crippen molar-refractivity contribution in [2.24, 2.45) is 5.92 Å². The van der Waals surface area contributed by atoms with Gasteiger partial charge in [0.15, 0.2) is 0 Å². The molecule has 4 N–H and O–H groups in total. The maximum absolute atomic E-state index is 5.56. The third kappa shape index (κ3) is 6.11. The first-order valence-corrected chi connectivity index (χ1v) is 12.7. The third-order valence-corrected chi connectivity index (χ3v) is 6.58. The van der Waals surface area contributed by atoms with Crippen molar-refractivity contribution < 1.29 is 4.84 Å². The van der Waals surface area contributed by atoms with Gasteiger partial charge in [0.25, 0.3) is 0 Å². The zero-order chi connectivity index (χ0) is 24.1. The van der Waals surface area contributed by atoms with E-state index < -0.39 is 0 Å². The van der Waals surface area contributed by atoms with Gasteiger partial charge in [-0.3, -0.25) is 0 Å². The summed E-state index contributed by atoms with van der Waals surface area (Å²) in [6, 6.07) is 2.75. The lowest BCUT2D eigenvalue weighted by molar-refractivity contribution is 0.115. The summed E-state index contributed by atoms with van der Waals surface area (Å²) in [6.45, 7) is 10.6. The van der Waals surface area contributed by atoms with E-state index in [1.165, 1.54) is 12.8 Å².